The molecule has 1 atom stereocenters. The first-order valence-corrected chi connectivity index (χ1v) is 4.05. The summed E-state index contributed by atoms with van der Waals surface area (Å²) in [6, 6.07) is 0. The highest BCUT2D eigenvalue weighted by Crippen LogP contribution is 2.08. The third-order valence-corrected chi connectivity index (χ3v) is 1.75. The van der Waals surface area contributed by atoms with Crippen LogP contribution in [0.15, 0.2) is 25.3 Å². The maximum atomic E-state index is 10.9. The lowest BCUT2D eigenvalue weighted by Gasteiger charge is -2.21. The predicted molar refractivity (Wildman–Crippen MR) is 47.8 cm³/mol. The van der Waals surface area contributed by atoms with Gasteiger partial charge in [-0.15, -0.1) is 0 Å². The fourth-order valence-corrected chi connectivity index (χ4v) is 1.07. The van der Waals surface area contributed by atoms with Crippen molar-refractivity contribution in [1.29, 1.82) is 0 Å². The van der Waals surface area contributed by atoms with Crippen LogP contribution in [-0.4, -0.2) is 37.0 Å². The van der Waals surface area contributed by atoms with E-state index in [1.807, 2.05) is 4.90 Å². The van der Waals surface area contributed by atoms with Gasteiger partial charge >= 0.3 is 5.97 Å². The molecule has 72 valence electrons. The molecule has 0 aromatic heterocycles. The Morgan fingerprint density at radius 3 is 2.85 bits per heavy atom. The second-order valence-corrected chi connectivity index (χ2v) is 2.62. The minimum atomic E-state index is -0.447. The highest BCUT2D eigenvalue weighted by atomic mass is 16.6. The number of carbonyl (C=O) groups is 1. The number of esters is 1. The standard InChI is InChI=1S/C9H13NO3/c1-3-8(13-9(11)4-2)10-5-6-12-7-10/h3-4,8H,1-2,5-7H2. The van der Waals surface area contributed by atoms with Crippen LogP contribution in [0.25, 0.3) is 0 Å². The lowest BCUT2D eigenvalue weighted by Crippen LogP contribution is -2.35. The van der Waals surface area contributed by atoms with Crippen molar-refractivity contribution in [2.45, 2.75) is 6.23 Å². The Labute approximate surface area is 77.4 Å². The summed E-state index contributed by atoms with van der Waals surface area (Å²) in [6.45, 7) is 8.79. The minimum absolute atomic E-state index is 0.409. The molecule has 1 saturated heterocycles. The quantitative estimate of drug-likeness (QED) is 0.362. The van der Waals surface area contributed by atoms with E-state index in [-0.39, 0.29) is 0 Å². The summed E-state index contributed by atoms with van der Waals surface area (Å²) in [4.78, 5) is 12.8. The van der Waals surface area contributed by atoms with Crippen LogP contribution in [-0.2, 0) is 14.3 Å². The van der Waals surface area contributed by atoms with E-state index in [1.165, 1.54) is 0 Å². The molecule has 0 bridgehead atoms. The van der Waals surface area contributed by atoms with Gasteiger partial charge < -0.3 is 9.47 Å². The minimum Gasteiger partial charge on any atom is -0.439 e. The zero-order valence-corrected chi connectivity index (χ0v) is 7.44. The molecule has 1 fully saturated rings. The molecular weight excluding hydrogens is 170 g/mol. The lowest BCUT2D eigenvalue weighted by atomic mass is 10.4. The maximum absolute atomic E-state index is 10.9. The number of nitrogens with zero attached hydrogens (tertiary/aromatic N) is 1. The first-order chi connectivity index (χ1) is 6.27. The van der Waals surface area contributed by atoms with E-state index in [9.17, 15) is 4.79 Å². The van der Waals surface area contributed by atoms with Crippen molar-refractivity contribution in [2.75, 3.05) is 19.9 Å². The van der Waals surface area contributed by atoms with Crippen LogP contribution in [0.1, 0.15) is 0 Å². The molecule has 0 spiro atoms. The second-order valence-electron chi connectivity index (χ2n) is 2.62. The van der Waals surface area contributed by atoms with Crippen molar-refractivity contribution in [2.24, 2.45) is 0 Å². The van der Waals surface area contributed by atoms with Gasteiger partial charge in [0.25, 0.3) is 0 Å². The van der Waals surface area contributed by atoms with Gasteiger partial charge in [-0.1, -0.05) is 13.2 Å². The van der Waals surface area contributed by atoms with Gasteiger partial charge in [-0.05, 0) is 6.08 Å². The highest BCUT2D eigenvalue weighted by Gasteiger charge is 2.22. The zero-order chi connectivity index (χ0) is 9.68. The average molecular weight is 183 g/mol. The molecule has 0 aliphatic carbocycles. The van der Waals surface area contributed by atoms with E-state index in [1.54, 1.807) is 6.08 Å². The van der Waals surface area contributed by atoms with Crippen LogP contribution in [0.4, 0.5) is 0 Å². The van der Waals surface area contributed by atoms with Crippen molar-refractivity contribution in [3.63, 3.8) is 0 Å². The van der Waals surface area contributed by atoms with Crippen LogP contribution in [0.3, 0.4) is 0 Å². The largest absolute Gasteiger partial charge is 0.439 e. The van der Waals surface area contributed by atoms with Gasteiger partial charge in [0.05, 0.1) is 6.61 Å². The number of rotatable bonds is 4. The zero-order valence-electron chi connectivity index (χ0n) is 7.44. The Hall–Kier alpha value is -1.13. The van der Waals surface area contributed by atoms with E-state index in [4.69, 9.17) is 9.47 Å². The molecule has 1 aliphatic heterocycles. The summed E-state index contributed by atoms with van der Waals surface area (Å²) in [5.74, 6) is -0.447. The molecule has 0 aromatic carbocycles. The fourth-order valence-electron chi connectivity index (χ4n) is 1.07. The molecule has 1 heterocycles. The van der Waals surface area contributed by atoms with Gasteiger partial charge in [-0.3, -0.25) is 0 Å². The van der Waals surface area contributed by atoms with Gasteiger partial charge in [0, 0.05) is 12.6 Å². The van der Waals surface area contributed by atoms with Crippen LogP contribution in [0.5, 0.6) is 0 Å². The Morgan fingerprint density at radius 2 is 2.38 bits per heavy atom. The summed E-state index contributed by atoms with van der Waals surface area (Å²) in [6.07, 6.45) is 2.29. The SMILES string of the molecule is C=CC(=O)OC(C=C)N1CCOC1. The smallest absolute Gasteiger partial charge is 0.331 e. The summed E-state index contributed by atoms with van der Waals surface area (Å²) in [5.41, 5.74) is 0. The summed E-state index contributed by atoms with van der Waals surface area (Å²) < 4.78 is 10.1. The Bertz CT molecular complexity index is 209. The molecule has 0 amide bonds. The maximum Gasteiger partial charge on any atom is 0.331 e. The van der Waals surface area contributed by atoms with Crippen molar-refractivity contribution in [1.82, 2.24) is 4.90 Å². The molecule has 1 rings (SSSR count). The summed E-state index contributed by atoms with van der Waals surface area (Å²) in [7, 11) is 0. The predicted octanol–water partition coefficient (Wildman–Crippen LogP) is 0.517. The molecule has 0 aromatic rings. The third-order valence-electron chi connectivity index (χ3n) is 1.75. The molecule has 1 aliphatic rings. The number of carbonyl (C=O) groups excluding carboxylic acids is 1. The molecular formula is C9H13NO3. The van der Waals surface area contributed by atoms with Crippen LogP contribution in [0, 0.1) is 0 Å². The first kappa shape index (κ1) is 9.95. The van der Waals surface area contributed by atoms with Crippen LogP contribution >= 0.6 is 0 Å². The fraction of sp³-hybridized carbons (Fsp3) is 0.444. The number of hydrogen-bond donors (Lipinski definition) is 0. The van der Waals surface area contributed by atoms with Crippen LogP contribution in [0.2, 0.25) is 0 Å². The molecule has 4 nitrogen and oxygen atoms in total. The van der Waals surface area contributed by atoms with E-state index in [0.29, 0.717) is 13.3 Å². The van der Waals surface area contributed by atoms with Gasteiger partial charge in [0.2, 0.25) is 0 Å². The van der Waals surface area contributed by atoms with E-state index < -0.39 is 12.2 Å². The third kappa shape index (κ3) is 2.68. The van der Waals surface area contributed by atoms with Crippen LogP contribution < -0.4 is 0 Å². The van der Waals surface area contributed by atoms with Gasteiger partial charge in [-0.25, -0.2) is 9.69 Å². The lowest BCUT2D eigenvalue weighted by molar-refractivity contribution is -0.148. The Kier molecular flexibility index (Phi) is 3.67. The molecule has 0 radical (unpaired) electrons. The Balaban J connectivity index is 2.45. The molecule has 1 unspecified atom stereocenters. The second kappa shape index (κ2) is 4.79. The normalized spacial score (nSPS) is 19.4. The summed E-state index contributed by atoms with van der Waals surface area (Å²) in [5, 5.41) is 0. The first-order valence-electron chi connectivity index (χ1n) is 4.05. The van der Waals surface area contributed by atoms with Gasteiger partial charge in [-0.2, -0.15) is 0 Å². The molecule has 4 heteroatoms. The number of hydrogen-bond acceptors (Lipinski definition) is 4. The monoisotopic (exact) mass is 183 g/mol. The van der Waals surface area contributed by atoms with Crippen molar-refractivity contribution in [3.8, 4) is 0 Å². The van der Waals surface area contributed by atoms with E-state index in [2.05, 4.69) is 13.2 Å². The van der Waals surface area contributed by atoms with E-state index in [0.717, 1.165) is 12.6 Å². The Morgan fingerprint density at radius 1 is 1.62 bits per heavy atom. The molecule has 0 N–H and O–H groups in total. The van der Waals surface area contributed by atoms with Crippen molar-refractivity contribution >= 4 is 5.97 Å². The number of ether oxygens (including phenoxy) is 2. The molecule has 0 saturated carbocycles. The highest BCUT2D eigenvalue weighted by molar-refractivity contribution is 5.81. The topological polar surface area (TPSA) is 38.8 Å². The summed E-state index contributed by atoms with van der Waals surface area (Å²) >= 11 is 0. The van der Waals surface area contributed by atoms with Gasteiger partial charge in [0.15, 0.2) is 6.23 Å². The van der Waals surface area contributed by atoms with E-state index >= 15 is 0 Å². The average Bonchev–Trinajstić information content (AvgIpc) is 2.66. The molecule has 13 heavy (non-hydrogen) atoms. The van der Waals surface area contributed by atoms with Crippen molar-refractivity contribution < 1.29 is 14.3 Å². The van der Waals surface area contributed by atoms with Gasteiger partial charge in [0.1, 0.15) is 6.73 Å². The van der Waals surface area contributed by atoms with Crippen molar-refractivity contribution in [3.05, 3.63) is 25.3 Å².